The molecule has 1 aliphatic rings. The van der Waals surface area contributed by atoms with Crippen molar-refractivity contribution in [2.24, 2.45) is 5.73 Å². The van der Waals surface area contributed by atoms with Crippen molar-refractivity contribution in [3.63, 3.8) is 0 Å². The zero-order chi connectivity index (χ0) is 14.9. The second-order valence-corrected chi connectivity index (χ2v) is 5.91. The lowest BCUT2D eigenvalue weighted by molar-refractivity contribution is -0.0728. The molecular weight excluding hydrogens is 327 g/mol. The Morgan fingerprint density at radius 1 is 1.40 bits per heavy atom. The molecule has 1 saturated heterocycles. The van der Waals surface area contributed by atoms with E-state index in [0.717, 1.165) is 12.8 Å². The molecule has 1 aromatic carbocycles. The second kappa shape index (κ2) is 6.10. The Balaban J connectivity index is 2.18. The van der Waals surface area contributed by atoms with E-state index >= 15 is 0 Å². The van der Waals surface area contributed by atoms with Crippen molar-refractivity contribution < 1.29 is 13.9 Å². The van der Waals surface area contributed by atoms with Crippen molar-refractivity contribution in [2.75, 3.05) is 0 Å². The molecule has 3 N–H and O–H groups in total. The summed E-state index contributed by atoms with van der Waals surface area (Å²) >= 11 is 3.12. The van der Waals surface area contributed by atoms with Gasteiger partial charge in [-0.15, -0.1) is 0 Å². The van der Waals surface area contributed by atoms with Gasteiger partial charge < -0.3 is 15.2 Å². The first-order valence-electron chi connectivity index (χ1n) is 6.53. The number of nitrogen functional groups attached to an aromatic ring is 1. The molecule has 4 nitrogen and oxygen atoms in total. The van der Waals surface area contributed by atoms with E-state index in [1.54, 1.807) is 6.07 Å². The van der Waals surface area contributed by atoms with Gasteiger partial charge in [0.05, 0.1) is 16.7 Å². The molecule has 0 radical (unpaired) electrons. The minimum atomic E-state index is -0.524. The summed E-state index contributed by atoms with van der Waals surface area (Å²) in [6.45, 7) is 3.97. The Labute approximate surface area is 126 Å². The molecule has 1 aromatic rings. The van der Waals surface area contributed by atoms with Crippen LogP contribution in [0.4, 0.5) is 4.39 Å². The molecule has 0 amide bonds. The van der Waals surface area contributed by atoms with Crippen molar-refractivity contribution in [1.82, 2.24) is 0 Å². The van der Waals surface area contributed by atoms with E-state index in [-0.39, 0.29) is 34.4 Å². The molecule has 1 fully saturated rings. The van der Waals surface area contributed by atoms with Crippen LogP contribution < -0.4 is 10.5 Å². The molecule has 1 aliphatic heterocycles. The summed E-state index contributed by atoms with van der Waals surface area (Å²) in [4.78, 5) is 0. The highest BCUT2D eigenvalue weighted by Crippen LogP contribution is 2.31. The Hall–Kier alpha value is -1.14. The van der Waals surface area contributed by atoms with E-state index in [1.165, 1.54) is 6.07 Å². The van der Waals surface area contributed by atoms with Crippen molar-refractivity contribution in [3.8, 4) is 5.75 Å². The summed E-state index contributed by atoms with van der Waals surface area (Å²) in [5, 5.41) is 7.37. The summed E-state index contributed by atoms with van der Waals surface area (Å²) < 4.78 is 25.8. The summed E-state index contributed by atoms with van der Waals surface area (Å²) in [6.07, 6.45) is 1.60. The Morgan fingerprint density at radius 3 is 2.55 bits per heavy atom. The highest BCUT2D eigenvalue weighted by Gasteiger charge is 2.27. The minimum absolute atomic E-state index is 0.0710. The third kappa shape index (κ3) is 3.30. The van der Waals surface area contributed by atoms with Gasteiger partial charge in [0.15, 0.2) is 11.6 Å². The van der Waals surface area contributed by atoms with Crippen LogP contribution in [0.1, 0.15) is 32.3 Å². The third-order valence-electron chi connectivity index (χ3n) is 3.28. The van der Waals surface area contributed by atoms with Crippen LogP contribution in [-0.4, -0.2) is 24.1 Å². The quantitative estimate of drug-likeness (QED) is 0.653. The maximum Gasteiger partial charge on any atom is 0.179 e. The standard InChI is InChI=1S/C14H18BrFN2O2/c1-7-5-9(6-8(2)19-7)20-11-4-3-10(14(17)18)12(15)13(11)16/h3-4,7-9H,5-6H2,1-2H3,(H3,17,18). The van der Waals surface area contributed by atoms with E-state index in [2.05, 4.69) is 15.9 Å². The van der Waals surface area contributed by atoms with Crippen molar-refractivity contribution in [3.05, 3.63) is 28.0 Å². The number of hydrogen-bond acceptors (Lipinski definition) is 3. The van der Waals surface area contributed by atoms with Crippen LogP contribution in [0.5, 0.6) is 5.75 Å². The lowest BCUT2D eigenvalue weighted by Gasteiger charge is -2.32. The summed E-state index contributed by atoms with van der Waals surface area (Å²) in [5.74, 6) is -0.534. The number of rotatable bonds is 3. The van der Waals surface area contributed by atoms with Crippen LogP contribution in [0.2, 0.25) is 0 Å². The fourth-order valence-corrected chi connectivity index (χ4v) is 2.99. The van der Waals surface area contributed by atoms with Gasteiger partial charge in [0.2, 0.25) is 0 Å². The predicted octanol–water partition coefficient (Wildman–Crippen LogP) is 3.21. The van der Waals surface area contributed by atoms with Gasteiger partial charge in [-0.3, -0.25) is 5.41 Å². The fraction of sp³-hybridized carbons (Fsp3) is 0.500. The largest absolute Gasteiger partial charge is 0.487 e. The third-order valence-corrected chi connectivity index (χ3v) is 4.06. The monoisotopic (exact) mass is 344 g/mol. The molecule has 2 unspecified atom stereocenters. The fourth-order valence-electron chi connectivity index (χ4n) is 2.45. The van der Waals surface area contributed by atoms with Crippen LogP contribution in [-0.2, 0) is 4.74 Å². The minimum Gasteiger partial charge on any atom is -0.487 e. The van der Waals surface area contributed by atoms with Crippen molar-refractivity contribution in [2.45, 2.75) is 45.0 Å². The van der Waals surface area contributed by atoms with Crippen molar-refractivity contribution in [1.29, 1.82) is 5.41 Å². The average molecular weight is 345 g/mol. The SMILES string of the molecule is CC1CC(Oc2ccc(C(=N)N)c(Br)c2F)CC(C)O1. The molecule has 0 bridgehead atoms. The number of benzene rings is 1. The first-order valence-corrected chi connectivity index (χ1v) is 7.32. The topological polar surface area (TPSA) is 68.3 Å². The first-order chi connectivity index (χ1) is 9.38. The van der Waals surface area contributed by atoms with E-state index < -0.39 is 5.82 Å². The van der Waals surface area contributed by atoms with Crippen molar-refractivity contribution >= 4 is 21.8 Å². The van der Waals surface area contributed by atoms with E-state index in [4.69, 9.17) is 20.6 Å². The molecule has 110 valence electrons. The number of nitrogens with one attached hydrogen (secondary N) is 1. The lowest BCUT2D eigenvalue weighted by Crippen LogP contribution is -2.35. The van der Waals surface area contributed by atoms with Crippen LogP contribution in [0.15, 0.2) is 16.6 Å². The molecule has 1 heterocycles. The summed E-state index contributed by atoms with van der Waals surface area (Å²) in [6, 6.07) is 3.10. The van der Waals surface area contributed by atoms with Crippen LogP contribution in [0.3, 0.4) is 0 Å². The van der Waals surface area contributed by atoms with E-state index in [0.29, 0.717) is 5.56 Å². The van der Waals surface area contributed by atoms with Gasteiger partial charge in [0.25, 0.3) is 0 Å². The molecule has 2 atom stereocenters. The van der Waals surface area contributed by atoms with E-state index in [9.17, 15) is 4.39 Å². The maximum absolute atomic E-state index is 14.2. The summed E-state index contributed by atoms with van der Waals surface area (Å²) in [7, 11) is 0. The Bertz CT molecular complexity index is 514. The second-order valence-electron chi connectivity index (χ2n) is 5.12. The highest BCUT2D eigenvalue weighted by molar-refractivity contribution is 9.10. The number of ether oxygens (including phenoxy) is 2. The van der Waals surface area contributed by atoms with Crippen LogP contribution in [0.25, 0.3) is 0 Å². The normalized spacial score (nSPS) is 26.3. The zero-order valence-electron chi connectivity index (χ0n) is 11.5. The van der Waals surface area contributed by atoms with Gasteiger partial charge in [-0.2, -0.15) is 0 Å². The predicted molar refractivity (Wildman–Crippen MR) is 78.8 cm³/mol. The molecule has 6 heteroatoms. The van der Waals surface area contributed by atoms with Gasteiger partial charge in [-0.05, 0) is 41.9 Å². The van der Waals surface area contributed by atoms with Gasteiger partial charge in [0, 0.05) is 18.4 Å². The van der Waals surface area contributed by atoms with Gasteiger partial charge >= 0.3 is 0 Å². The first kappa shape index (κ1) is 15.3. The zero-order valence-corrected chi connectivity index (χ0v) is 13.0. The lowest BCUT2D eigenvalue weighted by atomic mass is 10.0. The molecular formula is C14H18BrFN2O2. The number of amidine groups is 1. The van der Waals surface area contributed by atoms with Gasteiger partial charge in [-0.1, -0.05) is 0 Å². The van der Waals surface area contributed by atoms with Crippen LogP contribution in [0, 0.1) is 11.2 Å². The maximum atomic E-state index is 14.2. The molecule has 0 saturated carbocycles. The van der Waals surface area contributed by atoms with E-state index in [1.807, 2.05) is 13.8 Å². The Morgan fingerprint density at radius 2 is 2.00 bits per heavy atom. The van der Waals surface area contributed by atoms with Crippen LogP contribution >= 0.6 is 15.9 Å². The number of hydrogen-bond donors (Lipinski definition) is 2. The van der Waals surface area contributed by atoms with Gasteiger partial charge in [-0.25, -0.2) is 4.39 Å². The smallest absolute Gasteiger partial charge is 0.179 e. The van der Waals surface area contributed by atoms with Gasteiger partial charge in [0.1, 0.15) is 11.9 Å². The molecule has 2 rings (SSSR count). The molecule has 20 heavy (non-hydrogen) atoms. The average Bonchev–Trinajstić information content (AvgIpc) is 2.33. The molecule has 0 aliphatic carbocycles. The Kier molecular flexibility index (Phi) is 4.65. The summed E-state index contributed by atoms with van der Waals surface area (Å²) in [5.41, 5.74) is 5.71. The highest BCUT2D eigenvalue weighted by atomic mass is 79.9. The molecule has 0 spiro atoms. The number of nitrogens with two attached hydrogens (primary N) is 1. The molecule has 0 aromatic heterocycles. The number of halogens is 2.